The third-order valence-corrected chi connectivity index (χ3v) is 3.09. The van der Waals surface area contributed by atoms with Crippen LogP contribution in [0.5, 0.6) is 0 Å². The number of hydrogen-bond donors (Lipinski definition) is 1. The molecule has 2 aromatic rings. The summed E-state index contributed by atoms with van der Waals surface area (Å²) < 4.78 is 5.10. The highest BCUT2D eigenvalue weighted by molar-refractivity contribution is 5.25. The zero-order valence-corrected chi connectivity index (χ0v) is 10.6. The molecule has 0 aliphatic rings. The first-order chi connectivity index (χ1) is 8.16. The molecule has 1 N–H and O–H groups in total. The van der Waals surface area contributed by atoms with Crippen LogP contribution in [0.15, 0.2) is 47.3 Å². The molecule has 1 aromatic carbocycles. The Hall–Kier alpha value is -1.54. The van der Waals surface area contributed by atoms with Gasteiger partial charge in [-0.05, 0) is 32.4 Å². The Morgan fingerprint density at radius 3 is 2.47 bits per heavy atom. The summed E-state index contributed by atoms with van der Waals surface area (Å²) in [5.41, 5.74) is 3.80. The second-order valence-electron chi connectivity index (χ2n) is 4.58. The highest BCUT2D eigenvalue weighted by Gasteiger charge is 2.11. The van der Waals surface area contributed by atoms with Crippen LogP contribution in [0.4, 0.5) is 0 Å². The summed E-state index contributed by atoms with van der Waals surface area (Å²) in [7, 11) is 0. The van der Waals surface area contributed by atoms with Gasteiger partial charge in [-0.15, -0.1) is 0 Å². The zero-order valence-electron chi connectivity index (χ0n) is 10.6. The lowest BCUT2D eigenvalue weighted by Gasteiger charge is -2.19. The zero-order chi connectivity index (χ0) is 12.3. The molecule has 1 unspecified atom stereocenters. The lowest BCUT2D eigenvalue weighted by molar-refractivity contribution is 0.486. The van der Waals surface area contributed by atoms with Crippen LogP contribution in [0.3, 0.4) is 0 Å². The maximum absolute atomic E-state index is 5.10. The first-order valence-corrected chi connectivity index (χ1v) is 6.01. The van der Waals surface area contributed by atoms with E-state index >= 15 is 0 Å². The first kappa shape index (κ1) is 11.9. The van der Waals surface area contributed by atoms with E-state index in [4.69, 9.17) is 4.42 Å². The van der Waals surface area contributed by atoms with E-state index < -0.39 is 0 Å². The summed E-state index contributed by atoms with van der Waals surface area (Å²) in [6.45, 7) is 6.46. The predicted octanol–water partition coefficient (Wildman–Crippen LogP) is 4.00. The van der Waals surface area contributed by atoms with Gasteiger partial charge in [0.25, 0.3) is 0 Å². The Morgan fingerprint density at radius 1 is 1.06 bits per heavy atom. The van der Waals surface area contributed by atoms with Crippen LogP contribution in [-0.2, 0) is 0 Å². The molecule has 2 nitrogen and oxygen atoms in total. The number of aryl methyl sites for hydroxylation is 1. The maximum Gasteiger partial charge on any atom is 0.0950 e. The van der Waals surface area contributed by atoms with E-state index in [1.165, 1.54) is 16.7 Å². The molecule has 0 bridgehead atoms. The third-order valence-electron chi connectivity index (χ3n) is 3.09. The van der Waals surface area contributed by atoms with Gasteiger partial charge in [0.15, 0.2) is 0 Å². The molecule has 0 saturated carbocycles. The standard InChI is InChI=1S/C15H19NO/c1-11-5-4-6-14(9-11)12(2)16-13(3)15-7-8-17-10-15/h4-10,12-13,16H,1-3H3/t12-,13?/m0/s1. The highest BCUT2D eigenvalue weighted by Crippen LogP contribution is 2.20. The van der Waals surface area contributed by atoms with Crippen molar-refractivity contribution in [2.24, 2.45) is 0 Å². The molecule has 1 heterocycles. The smallest absolute Gasteiger partial charge is 0.0950 e. The average Bonchev–Trinajstić information content (AvgIpc) is 2.82. The van der Waals surface area contributed by atoms with E-state index in [-0.39, 0.29) is 0 Å². The third kappa shape index (κ3) is 2.98. The predicted molar refractivity (Wildman–Crippen MR) is 69.9 cm³/mol. The van der Waals surface area contributed by atoms with Gasteiger partial charge in [-0.3, -0.25) is 0 Å². The molecular weight excluding hydrogens is 210 g/mol. The van der Waals surface area contributed by atoms with Crippen molar-refractivity contribution < 1.29 is 4.42 Å². The number of benzene rings is 1. The van der Waals surface area contributed by atoms with E-state index in [0.29, 0.717) is 12.1 Å². The number of hydrogen-bond acceptors (Lipinski definition) is 2. The lowest BCUT2D eigenvalue weighted by Crippen LogP contribution is -2.22. The molecule has 0 saturated heterocycles. The van der Waals surface area contributed by atoms with Crippen molar-refractivity contribution >= 4 is 0 Å². The van der Waals surface area contributed by atoms with Crippen LogP contribution in [0, 0.1) is 6.92 Å². The second-order valence-corrected chi connectivity index (χ2v) is 4.58. The van der Waals surface area contributed by atoms with Crippen LogP contribution in [-0.4, -0.2) is 0 Å². The molecular formula is C15H19NO. The van der Waals surface area contributed by atoms with Crippen LogP contribution in [0.2, 0.25) is 0 Å². The van der Waals surface area contributed by atoms with Gasteiger partial charge in [-0.1, -0.05) is 29.8 Å². The monoisotopic (exact) mass is 229 g/mol. The fraction of sp³-hybridized carbons (Fsp3) is 0.333. The van der Waals surface area contributed by atoms with Crippen LogP contribution in [0.1, 0.15) is 42.6 Å². The van der Waals surface area contributed by atoms with Crippen molar-refractivity contribution in [3.8, 4) is 0 Å². The Balaban J connectivity index is 2.04. The van der Waals surface area contributed by atoms with E-state index in [2.05, 4.69) is 50.4 Å². The molecule has 0 aliphatic carbocycles. The molecule has 0 aliphatic heterocycles. The van der Waals surface area contributed by atoms with Crippen LogP contribution in [0.25, 0.3) is 0 Å². The minimum Gasteiger partial charge on any atom is -0.472 e. The molecule has 1 aromatic heterocycles. The minimum absolute atomic E-state index is 0.296. The second kappa shape index (κ2) is 5.19. The molecule has 2 rings (SSSR count). The Kier molecular flexibility index (Phi) is 3.64. The van der Waals surface area contributed by atoms with Gasteiger partial charge in [0, 0.05) is 17.6 Å². The Bertz CT molecular complexity index is 462. The maximum atomic E-state index is 5.10. The summed E-state index contributed by atoms with van der Waals surface area (Å²) in [4.78, 5) is 0. The largest absolute Gasteiger partial charge is 0.472 e. The van der Waals surface area contributed by atoms with Crippen LogP contribution < -0.4 is 5.32 Å². The van der Waals surface area contributed by atoms with E-state index in [1.807, 2.05) is 6.07 Å². The Morgan fingerprint density at radius 2 is 1.82 bits per heavy atom. The lowest BCUT2D eigenvalue weighted by atomic mass is 10.0. The van der Waals surface area contributed by atoms with Crippen molar-refractivity contribution in [3.63, 3.8) is 0 Å². The molecule has 90 valence electrons. The van der Waals surface area contributed by atoms with E-state index in [1.54, 1.807) is 12.5 Å². The molecule has 0 spiro atoms. The highest BCUT2D eigenvalue weighted by atomic mass is 16.3. The van der Waals surface area contributed by atoms with Crippen molar-refractivity contribution in [2.75, 3.05) is 0 Å². The van der Waals surface area contributed by atoms with E-state index in [9.17, 15) is 0 Å². The molecule has 2 heteroatoms. The van der Waals surface area contributed by atoms with Gasteiger partial charge in [0.1, 0.15) is 0 Å². The first-order valence-electron chi connectivity index (χ1n) is 6.01. The van der Waals surface area contributed by atoms with Gasteiger partial charge in [-0.2, -0.15) is 0 Å². The molecule has 17 heavy (non-hydrogen) atoms. The van der Waals surface area contributed by atoms with Crippen molar-refractivity contribution in [1.29, 1.82) is 0 Å². The summed E-state index contributed by atoms with van der Waals surface area (Å²) in [5, 5.41) is 3.57. The summed E-state index contributed by atoms with van der Waals surface area (Å²) in [6, 6.07) is 11.2. The van der Waals surface area contributed by atoms with Gasteiger partial charge in [-0.25, -0.2) is 0 Å². The molecule has 0 radical (unpaired) electrons. The summed E-state index contributed by atoms with van der Waals surface area (Å²) >= 11 is 0. The average molecular weight is 229 g/mol. The van der Waals surface area contributed by atoms with Crippen molar-refractivity contribution in [2.45, 2.75) is 32.9 Å². The van der Waals surface area contributed by atoms with Gasteiger partial charge < -0.3 is 9.73 Å². The van der Waals surface area contributed by atoms with Gasteiger partial charge in [0.2, 0.25) is 0 Å². The topological polar surface area (TPSA) is 25.2 Å². The van der Waals surface area contributed by atoms with E-state index in [0.717, 1.165) is 0 Å². The minimum atomic E-state index is 0.296. The molecule has 0 amide bonds. The van der Waals surface area contributed by atoms with Crippen molar-refractivity contribution in [3.05, 3.63) is 59.5 Å². The fourth-order valence-electron chi connectivity index (χ4n) is 2.03. The summed E-state index contributed by atoms with van der Waals surface area (Å²) in [6.07, 6.45) is 3.51. The Labute approximate surface area is 103 Å². The number of rotatable bonds is 4. The van der Waals surface area contributed by atoms with Crippen molar-refractivity contribution in [1.82, 2.24) is 5.32 Å². The quantitative estimate of drug-likeness (QED) is 0.857. The van der Waals surface area contributed by atoms with Crippen LogP contribution >= 0.6 is 0 Å². The molecule has 2 atom stereocenters. The van der Waals surface area contributed by atoms with Gasteiger partial charge in [0.05, 0.1) is 12.5 Å². The fourth-order valence-corrected chi connectivity index (χ4v) is 2.03. The number of furan rings is 1. The molecule has 0 fully saturated rings. The SMILES string of the molecule is Cc1cccc([C@H](C)NC(C)c2ccoc2)c1. The normalized spacial score (nSPS) is 14.5. The number of nitrogens with one attached hydrogen (secondary N) is 1. The van der Waals surface area contributed by atoms with Gasteiger partial charge >= 0.3 is 0 Å². The summed E-state index contributed by atoms with van der Waals surface area (Å²) in [5.74, 6) is 0.